The molecule has 106 valence electrons. The fourth-order valence-corrected chi connectivity index (χ4v) is 2.68. The van der Waals surface area contributed by atoms with E-state index in [0.29, 0.717) is 0 Å². The van der Waals surface area contributed by atoms with Gasteiger partial charge in [0.2, 0.25) is 0 Å². The average molecular weight is 325 g/mol. The second kappa shape index (κ2) is 7.40. The topological polar surface area (TPSA) is 0 Å². The normalized spacial score (nSPS) is 9.81. The molecule has 0 atom stereocenters. The number of rotatable bonds is 0. The van der Waals surface area contributed by atoms with Crippen molar-refractivity contribution >= 4 is 27.5 Å². The van der Waals surface area contributed by atoms with Gasteiger partial charge in [0, 0.05) is 0 Å². The lowest BCUT2D eigenvalue weighted by molar-refractivity contribution is 1.81. The summed E-state index contributed by atoms with van der Waals surface area (Å²) in [5.41, 5.74) is 6.46. The highest BCUT2D eigenvalue weighted by molar-refractivity contribution is 7.13. The predicted molar refractivity (Wildman–Crippen MR) is 100 cm³/mol. The maximum atomic E-state index is 3.23. The van der Waals surface area contributed by atoms with E-state index < -0.39 is 16.1 Å². The predicted octanol–water partition coefficient (Wildman–Crippen LogP) is 4.21. The van der Waals surface area contributed by atoms with Crippen molar-refractivity contribution in [3.63, 3.8) is 0 Å². The van der Waals surface area contributed by atoms with Crippen LogP contribution in [0.3, 0.4) is 0 Å². The number of thiophene rings is 1. The van der Waals surface area contributed by atoms with Crippen molar-refractivity contribution in [2.75, 3.05) is 0 Å². The first-order chi connectivity index (χ1) is 9.66. The summed E-state index contributed by atoms with van der Waals surface area (Å²) in [5, 5.41) is 0. The first-order valence-electron chi connectivity index (χ1n) is 6.82. The van der Waals surface area contributed by atoms with Crippen LogP contribution in [-0.2, 0) is 0 Å². The van der Waals surface area contributed by atoms with E-state index in [0.717, 1.165) is 9.75 Å². The van der Waals surface area contributed by atoms with Crippen LogP contribution in [0.2, 0.25) is 39.3 Å². The molecule has 1 aromatic heterocycles. The van der Waals surface area contributed by atoms with E-state index in [1.807, 2.05) is 12.1 Å². The van der Waals surface area contributed by atoms with Gasteiger partial charge in [0.15, 0.2) is 0 Å². The van der Waals surface area contributed by atoms with E-state index in [1.165, 1.54) is 0 Å². The largest absolute Gasteiger partial charge is 0.130 e. The van der Waals surface area contributed by atoms with Crippen LogP contribution in [-0.4, -0.2) is 16.1 Å². The molecule has 0 radical (unpaired) electrons. The maximum absolute atomic E-state index is 3.23. The second-order valence-corrected chi connectivity index (χ2v) is 17.2. The smallest absolute Gasteiger partial charge is 0.118 e. The molecule has 0 N–H and O–H groups in total. The van der Waals surface area contributed by atoms with Crippen molar-refractivity contribution in [2.45, 2.75) is 39.3 Å². The summed E-state index contributed by atoms with van der Waals surface area (Å²) >= 11 is 1.59. The quantitative estimate of drug-likeness (QED) is 0.495. The maximum Gasteiger partial charge on any atom is 0.130 e. The number of hydrogen-bond acceptors (Lipinski definition) is 1. The first kappa shape index (κ1) is 17.4. The van der Waals surface area contributed by atoms with Crippen LogP contribution in [0.1, 0.15) is 9.75 Å². The van der Waals surface area contributed by atoms with Crippen LogP contribution < -0.4 is 0 Å². The lowest BCUT2D eigenvalue weighted by Crippen LogP contribution is -2.16. The first-order valence-corrected chi connectivity index (χ1v) is 14.6. The monoisotopic (exact) mass is 324 g/mol. The Labute approximate surface area is 135 Å². The van der Waals surface area contributed by atoms with E-state index in [9.17, 15) is 0 Å². The van der Waals surface area contributed by atoms with Crippen LogP contribution in [0.25, 0.3) is 0 Å². The zero-order chi connectivity index (χ0) is 15.9. The van der Waals surface area contributed by atoms with Gasteiger partial charge in [-0.25, -0.2) is 0 Å². The molecule has 0 fully saturated rings. The Morgan fingerprint density at radius 1 is 0.667 bits per heavy atom. The third kappa shape index (κ3) is 9.02. The highest BCUT2D eigenvalue weighted by atomic mass is 32.1. The SMILES string of the molecule is C[Si](C)(C)C#CC#Cc1ccc(C#CC#C[Si](C)(C)C)s1. The van der Waals surface area contributed by atoms with Crippen LogP contribution >= 0.6 is 11.3 Å². The van der Waals surface area contributed by atoms with Gasteiger partial charge in [0.1, 0.15) is 16.1 Å². The number of hydrogen-bond donors (Lipinski definition) is 0. The molecule has 0 unspecified atom stereocenters. The van der Waals surface area contributed by atoms with Crippen molar-refractivity contribution < 1.29 is 0 Å². The fraction of sp³-hybridized carbons (Fsp3) is 0.333. The molecule has 0 spiro atoms. The van der Waals surface area contributed by atoms with E-state index in [4.69, 9.17) is 0 Å². The molecule has 0 aliphatic rings. The summed E-state index contributed by atoms with van der Waals surface area (Å²) in [6.45, 7) is 13.3. The van der Waals surface area contributed by atoms with Crippen molar-refractivity contribution in [3.05, 3.63) is 21.9 Å². The summed E-state index contributed by atoms with van der Waals surface area (Å²) in [5.74, 6) is 17.9. The third-order valence-corrected chi connectivity index (χ3v) is 4.64. The summed E-state index contributed by atoms with van der Waals surface area (Å²) in [4.78, 5) is 2.00. The van der Waals surface area contributed by atoms with Gasteiger partial charge in [-0.2, -0.15) is 0 Å². The van der Waals surface area contributed by atoms with Crippen LogP contribution in [0, 0.1) is 46.6 Å². The molecule has 0 amide bonds. The molecule has 0 aliphatic carbocycles. The Morgan fingerprint density at radius 3 is 1.38 bits per heavy atom. The summed E-state index contributed by atoms with van der Waals surface area (Å²) in [7, 11) is -2.64. The Balaban J connectivity index is 2.75. The molecule has 0 nitrogen and oxygen atoms in total. The van der Waals surface area contributed by atoms with Gasteiger partial charge in [0.05, 0.1) is 9.75 Å². The lowest BCUT2D eigenvalue weighted by atomic mass is 10.4. The average Bonchev–Trinajstić information content (AvgIpc) is 2.76. The van der Waals surface area contributed by atoms with Gasteiger partial charge in [0.25, 0.3) is 0 Å². The highest BCUT2D eigenvalue weighted by Gasteiger charge is 2.07. The molecule has 0 saturated heterocycles. The van der Waals surface area contributed by atoms with E-state index in [2.05, 4.69) is 85.9 Å². The van der Waals surface area contributed by atoms with Crippen LogP contribution in [0.5, 0.6) is 0 Å². The van der Waals surface area contributed by atoms with Crippen molar-refractivity contribution in [2.24, 2.45) is 0 Å². The van der Waals surface area contributed by atoms with E-state index >= 15 is 0 Å². The fourth-order valence-electron chi connectivity index (χ4n) is 1.10. The van der Waals surface area contributed by atoms with Crippen LogP contribution in [0.4, 0.5) is 0 Å². The molecule has 0 aromatic carbocycles. The summed E-state index contributed by atoms with van der Waals surface area (Å²) < 4.78 is 0. The minimum absolute atomic E-state index is 1.00. The van der Waals surface area contributed by atoms with Crippen LogP contribution in [0.15, 0.2) is 12.1 Å². The van der Waals surface area contributed by atoms with Gasteiger partial charge in [-0.3, -0.25) is 0 Å². The summed E-state index contributed by atoms with van der Waals surface area (Å²) in [6, 6.07) is 3.98. The highest BCUT2D eigenvalue weighted by Crippen LogP contribution is 2.13. The van der Waals surface area contributed by atoms with Gasteiger partial charge in [-0.05, 0) is 47.7 Å². The van der Waals surface area contributed by atoms with E-state index in [-0.39, 0.29) is 0 Å². The Bertz CT molecular complexity index is 675. The molecule has 3 heteroatoms. The van der Waals surface area contributed by atoms with Crippen molar-refractivity contribution in [1.29, 1.82) is 0 Å². The van der Waals surface area contributed by atoms with Gasteiger partial charge >= 0.3 is 0 Å². The van der Waals surface area contributed by atoms with Crippen molar-refractivity contribution in [1.82, 2.24) is 0 Å². The molecular formula is C18H20SSi2. The molecule has 1 aromatic rings. The Morgan fingerprint density at radius 2 is 1.05 bits per heavy atom. The standard InChI is InChI=1S/C18H20SSi2/c1-20(2,3)15-9-7-11-17-13-14-18(19-17)12-8-10-16-21(4,5)6/h13-14H,1-6H3. The van der Waals surface area contributed by atoms with Gasteiger partial charge < -0.3 is 0 Å². The molecule has 0 aliphatic heterocycles. The third-order valence-electron chi connectivity index (χ3n) is 1.98. The minimum Gasteiger partial charge on any atom is -0.118 e. The molecule has 0 saturated carbocycles. The molecule has 1 heterocycles. The Hall–Kier alpha value is -1.63. The van der Waals surface area contributed by atoms with Crippen molar-refractivity contribution in [3.8, 4) is 46.6 Å². The molecule has 21 heavy (non-hydrogen) atoms. The minimum atomic E-state index is -1.32. The lowest BCUT2D eigenvalue weighted by Gasteiger charge is -2.01. The zero-order valence-corrected chi connectivity index (χ0v) is 16.4. The second-order valence-electron chi connectivity index (χ2n) is 6.66. The van der Waals surface area contributed by atoms with E-state index in [1.54, 1.807) is 11.3 Å². The van der Waals surface area contributed by atoms with Gasteiger partial charge in [-0.15, -0.1) is 22.4 Å². The Kier molecular flexibility index (Phi) is 6.14. The molecule has 0 bridgehead atoms. The summed E-state index contributed by atoms with van der Waals surface area (Å²) in [6.07, 6.45) is 0. The zero-order valence-electron chi connectivity index (χ0n) is 13.6. The molecular weight excluding hydrogens is 304 g/mol. The van der Waals surface area contributed by atoms with Gasteiger partial charge in [-0.1, -0.05) is 39.3 Å². The molecule has 1 rings (SSSR count).